The molecule has 0 saturated heterocycles. The van der Waals surface area contributed by atoms with Crippen LogP contribution >= 0.6 is 11.6 Å². The second-order valence-electron chi connectivity index (χ2n) is 2.76. The predicted molar refractivity (Wildman–Crippen MR) is 49.7 cm³/mol. The summed E-state index contributed by atoms with van der Waals surface area (Å²) in [4.78, 5) is 3.69. The van der Waals surface area contributed by atoms with Crippen LogP contribution in [0.1, 0.15) is 23.2 Å². The van der Waals surface area contributed by atoms with Gasteiger partial charge in [-0.2, -0.15) is 5.26 Å². The minimum Gasteiger partial charge on any atom is -0.505 e. The monoisotopic (exact) mass is 232 g/mol. The van der Waals surface area contributed by atoms with E-state index in [-0.39, 0.29) is 23.6 Å². The lowest BCUT2D eigenvalue weighted by atomic mass is 10.1. The van der Waals surface area contributed by atoms with E-state index >= 15 is 0 Å². The first-order valence-corrected chi connectivity index (χ1v) is 4.56. The fraction of sp³-hybridized carbons (Fsp3) is 0.333. The van der Waals surface area contributed by atoms with Gasteiger partial charge in [0.1, 0.15) is 5.75 Å². The Morgan fingerprint density at radius 3 is 2.73 bits per heavy atom. The Bertz CT molecular complexity index is 404. The summed E-state index contributed by atoms with van der Waals surface area (Å²) in [5.74, 6) is -0.794. The van der Waals surface area contributed by atoms with Crippen molar-refractivity contribution in [2.45, 2.75) is 18.7 Å². The number of aromatic hydroxyl groups is 1. The van der Waals surface area contributed by atoms with E-state index in [1.165, 1.54) is 0 Å². The van der Waals surface area contributed by atoms with Crippen molar-refractivity contribution in [1.29, 1.82) is 5.26 Å². The van der Waals surface area contributed by atoms with Crippen molar-refractivity contribution >= 4 is 11.6 Å². The molecule has 0 bridgehead atoms. The Hall–Kier alpha value is -1.41. The number of hydrogen-bond acceptors (Lipinski definition) is 3. The molecule has 0 saturated carbocycles. The Morgan fingerprint density at radius 1 is 1.60 bits per heavy atom. The molecular formula is C9H7ClF2N2O. The van der Waals surface area contributed by atoms with Gasteiger partial charge in [0.05, 0.1) is 23.7 Å². The summed E-state index contributed by atoms with van der Waals surface area (Å²) in [5, 5.41) is 17.8. The molecule has 80 valence electrons. The minimum absolute atomic E-state index is 0.0540. The summed E-state index contributed by atoms with van der Waals surface area (Å²) < 4.78 is 25.1. The van der Waals surface area contributed by atoms with Crippen LogP contribution in [0.3, 0.4) is 0 Å². The van der Waals surface area contributed by atoms with Gasteiger partial charge in [-0.05, 0) is 5.56 Å². The molecule has 0 fully saturated rings. The molecule has 0 aliphatic heterocycles. The zero-order valence-electron chi connectivity index (χ0n) is 7.54. The minimum atomic E-state index is -2.83. The zero-order valence-corrected chi connectivity index (χ0v) is 8.30. The van der Waals surface area contributed by atoms with E-state index in [2.05, 4.69) is 4.98 Å². The molecule has 0 amide bonds. The van der Waals surface area contributed by atoms with Crippen LogP contribution in [0.15, 0.2) is 6.20 Å². The summed E-state index contributed by atoms with van der Waals surface area (Å²) in [6.07, 6.45) is -1.89. The van der Waals surface area contributed by atoms with Gasteiger partial charge in [-0.3, -0.25) is 4.98 Å². The lowest BCUT2D eigenvalue weighted by Crippen LogP contribution is -1.99. The first-order valence-electron chi connectivity index (χ1n) is 4.02. The standard InChI is InChI=1S/C9H7ClF2N2O/c10-3-5-4-14-6(1-2-13)8(15)7(5)9(11)12/h4,9,15H,1,3H2. The fourth-order valence-corrected chi connectivity index (χ4v) is 1.36. The summed E-state index contributed by atoms with van der Waals surface area (Å²) in [5.41, 5.74) is -0.516. The number of halogens is 3. The molecule has 1 heterocycles. The first kappa shape index (κ1) is 11.7. The molecule has 0 atom stereocenters. The summed E-state index contributed by atoms with van der Waals surface area (Å²) >= 11 is 5.43. The van der Waals surface area contributed by atoms with Gasteiger partial charge in [0, 0.05) is 12.1 Å². The number of nitriles is 1. The summed E-state index contributed by atoms with van der Waals surface area (Å²) in [7, 11) is 0. The quantitative estimate of drug-likeness (QED) is 0.815. The molecule has 1 N–H and O–H groups in total. The summed E-state index contributed by atoms with van der Waals surface area (Å²) in [6, 6.07) is 1.73. The highest BCUT2D eigenvalue weighted by molar-refractivity contribution is 6.17. The molecular weight excluding hydrogens is 226 g/mol. The second kappa shape index (κ2) is 4.89. The highest BCUT2D eigenvalue weighted by Crippen LogP contribution is 2.33. The van der Waals surface area contributed by atoms with Gasteiger partial charge in [0.25, 0.3) is 6.43 Å². The highest BCUT2D eigenvalue weighted by Gasteiger charge is 2.20. The third-order valence-electron chi connectivity index (χ3n) is 1.86. The molecule has 0 aromatic carbocycles. The van der Waals surface area contributed by atoms with E-state index in [0.717, 1.165) is 6.20 Å². The number of nitrogens with zero attached hydrogens (tertiary/aromatic N) is 2. The molecule has 0 aliphatic rings. The van der Waals surface area contributed by atoms with Crippen molar-refractivity contribution in [3.8, 4) is 11.8 Å². The normalized spacial score (nSPS) is 10.3. The van der Waals surface area contributed by atoms with Crippen molar-refractivity contribution < 1.29 is 13.9 Å². The fourth-order valence-electron chi connectivity index (χ4n) is 1.15. The van der Waals surface area contributed by atoms with E-state index in [1.807, 2.05) is 0 Å². The van der Waals surface area contributed by atoms with Gasteiger partial charge in [-0.15, -0.1) is 11.6 Å². The lowest BCUT2D eigenvalue weighted by molar-refractivity contribution is 0.146. The molecule has 0 aliphatic carbocycles. The Kier molecular flexibility index (Phi) is 3.81. The van der Waals surface area contributed by atoms with Gasteiger partial charge >= 0.3 is 0 Å². The van der Waals surface area contributed by atoms with Crippen LogP contribution in [-0.2, 0) is 12.3 Å². The van der Waals surface area contributed by atoms with Crippen molar-refractivity contribution in [2.75, 3.05) is 0 Å². The molecule has 0 unspecified atom stereocenters. The number of aromatic nitrogens is 1. The van der Waals surface area contributed by atoms with Crippen molar-refractivity contribution in [1.82, 2.24) is 4.98 Å². The number of alkyl halides is 3. The maximum atomic E-state index is 12.6. The van der Waals surface area contributed by atoms with E-state index in [4.69, 9.17) is 16.9 Å². The van der Waals surface area contributed by atoms with E-state index in [1.54, 1.807) is 6.07 Å². The predicted octanol–water partition coefficient (Wildman–Crippen LogP) is 2.53. The third-order valence-corrected chi connectivity index (χ3v) is 2.15. The van der Waals surface area contributed by atoms with Crippen LogP contribution in [0, 0.1) is 11.3 Å². The van der Waals surface area contributed by atoms with Gasteiger partial charge in [-0.25, -0.2) is 8.78 Å². The van der Waals surface area contributed by atoms with E-state index < -0.39 is 17.7 Å². The molecule has 1 rings (SSSR count). The van der Waals surface area contributed by atoms with Crippen LogP contribution in [0.25, 0.3) is 0 Å². The van der Waals surface area contributed by atoms with Crippen LogP contribution in [-0.4, -0.2) is 10.1 Å². The topological polar surface area (TPSA) is 56.9 Å². The molecule has 1 aromatic rings. The maximum Gasteiger partial charge on any atom is 0.267 e. The second-order valence-corrected chi connectivity index (χ2v) is 3.03. The average Bonchev–Trinajstić information content (AvgIpc) is 2.20. The number of pyridine rings is 1. The Labute approximate surface area is 89.9 Å². The zero-order chi connectivity index (χ0) is 11.4. The number of rotatable bonds is 3. The van der Waals surface area contributed by atoms with Gasteiger partial charge in [0.15, 0.2) is 0 Å². The Morgan fingerprint density at radius 2 is 2.27 bits per heavy atom. The molecule has 1 aromatic heterocycles. The van der Waals surface area contributed by atoms with E-state index in [9.17, 15) is 13.9 Å². The van der Waals surface area contributed by atoms with Crippen LogP contribution in [0.4, 0.5) is 8.78 Å². The Balaban J connectivity index is 3.30. The summed E-state index contributed by atoms with van der Waals surface area (Å²) in [6.45, 7) is 0. The van der Waals surface area contributed by atoms with E-state index in [0.29, 0.717) is 0 Å². The molecule has 15 heavy (non-hydrogen) atoms. The smallest absolute Gasteiger partial charge is 0.267 e. The molecule has 3 nitrogen and oxygen atoms in total. The van der Waals surface area contributed by atoms with Crippen molar-refractivity contribution in [3.63, 3.8) is 0 Å². The van der Waals surface area contributed by atoms with Gasteiger partial charge in [0.2, 0.25) is 0 Å². The highest BCUT2D eigenvalue weighted by atomic mass is 35.5. The van der Waals surface area contributed by atoms with Crippen LogP contribution < -0.4 is 0 Å². The van der Waals surface area contributed by atoms with Crippen molar-refractivity contribution in [3.05, 3.63) is 23.0 Å². The number of hydrogen-bond donors (Lipinski definition) is 1. The molecule has 6 heteroatoms. The molecule has 0 radical (unpaired) electrons. The van der Waals surface area contributed by atoms with Gasteiger partial charge in [-0.1, -0.05) is 0 Å². The van der Waals surface area contributed by atoms with Crippen LogP contribution in [0.5, 0.6) is 5.75 Å². The molecule has 0 spiro atoms. The SMILES string of the molecule is N#CCc1ncc(CCl)c(C(F)F)c1O. The van der Waals surface area contributed by atoms with Gasteiger partial charge < -0.3 is 5.11 Å². The first-order chi connectivity index (χ1) is 7.11. The largest absolute Gasteiger partial charge is 0.505 e. The third kappa shape index (κ3) is 2.34. The van der Waals surface area contributed by atoms with Crippen LogP contribution in [0.2, 0.25) is 0 Å². The van der Waals surface area contributed by atoms with Crippen molar-refractivity contribution in [2.24, 2.45) is 0 Å². The lowest BCUT2D eigenvalue weighted by Gasteiger charge is -2.10. The maximum absolute atomic E-state index is 12.6. The average molecular weight is 233 g/mol.